The summed E-state index contributed by atoms with van der Waals surface area (Å²) in [7, 11) is 0.925. The molecular formula is C22H32N4O7S. The molecule has 0 unspecified atom stereocenters. The predicted octanol–water partition coefficient (Wildman–Crippen LogP) is 1.33. The van der Waals surface area contributed by atoms with E-state index in [2.05, 4.69) is 10.5 Å². The monoisotopic (exact) mass is 496 g/mol. The van der Waals surface area contributed by atoms with Gasteiger partial charge in [0.1, 0.15) is 16.3 Å². The summed E-state index contributed by atoms with van der Waals surface area (Å²) < 4.78 is 48.7. The van der Waals surface area contributed by atoms with E-state index in [0.717, 1.165) is 5.56 Å². The van der Waals surface area contributed by atoms with Crippen molar-refractivity contribution in [2.45, 2.75) is 31.7 Å². The minimum absolute atomic E-state index is 0.127. The Kier molecular flexibility index (Phi) is 8.39. The van der Waals surface area contributed by atoms with Crippen LogP contribution in [-0.2, 0) is 21.4 Å². The van der Waals surface area contributed by atoms with E-state index >= 15 is 0 Å². The topological polar surface area (TPSA) is 123 Å². The lowest BCUT2D eigenvalue weighted by atomic mass is 10.1. The summed E-state index contributed by atoms with van der Waals surface area (Å²) in [5, 5.41) is 6.66. The molecule has 1 aromatic carbocycles. The van der Waals surface area contributed by atoms with Gasteiger partial charge < -0.3 is 24.1 Å². The lowest BCUT2D eigenvalue weighted by Crippen LogP contribution is -2.40. The molecule has 1 aliphatic rings. The third-order valence-electron chi connectivity index (χ3n) is 5.74. The smallest absolute Gasteiger partial charge is 0.248 e. The number of aryl methyl sites for hydroxylation is 2. The van der Waals surface area contributed by atoms with Crippen LogP contribution in [0.4, 0.5) is 0 Å². The fourth-order valence-corrected chi connectivity index (χ4v) is 5.76. The summed E-state index contributed by atoms with van der Waals surface area (Å²) in [6.45, 7) is 5.32. The highest BCUT2D eigenvalue weighted by molar-refractivity contribution is 7.89. The van der Waals surface area contributed by atoms with Crippen LogP contribution in [0.15, 0.2) is 21.6 Å². The van der Waals surface area contributed by atoms with Crippen LogP contribution in [-0.4, -0.2) is 82.7 Å². The Hall–Kier alpha value is -2.83. The van der Waals surface area contributed by atoms with Crippen LogP contribution < -0.4 is 19.5 Å². The van der Waals surface area contributed by atoms with E-state index in [1.165, 1.54) is 4.31 Å². The molecule has 188 valence electrons. The third-order valence-corrected chi connectivity index (χ3v) is 7.89. The molecule has 1 N–H and O–H groups in total. The summed E-state index contributed by atoms with van der Waals surface area (Å²) in [4.78, 5) is 14.7. The van der Waals surface area contributed by atoms with Crippen molar-refractivity contribution >= 4 is 15.9 Å². The average Bonchev–Trinajstić information content (AvgIpc) is 3.00. The fourth-order valence-electron chi connectivity index (χ4n) is 4.00. The van der Waals surface area contributed by atoms with Gasteiger partial charge in [0.05, 0.1) is 27.9 Å². The number of ether oxygens (including phenoxy) is 3. The summed E-state index contributed by atoms with van der Waals surface area (Å²) >= 11 is 0. The van der Waals surface area contributed by atoms with Crippen molar-refractivity contribution in [3.05, 3.63) is 29.2 Å². The average molecular weight is 497 g/mol. The lowest BCUT2D eigenvalue weighted by Gasteiger charge is -2.21. The van der Waals surface area contributed by atoms with E-state index in [-0.39, 0.29) is 36.2 Å². The maximum Gasteiger partial charge on any atom is 0.248 e. The van der Waals surface area contributed by atoms with Gasteiger partial charge in [-0.05, 0) is 32.9 Å². The van der Waals surface area contributed by atoms with Crippen LogP contribution in [0, 0.1) is 13.8 Å². The highest BCUT2D eigenvalue weighted by Gasteiger charge is 2.32. The molecule has 0 radical (unpaired) electrons. The van der Waals surface area contributed by atoms with Gasteiger partial charge in [-0.1, -0.05) is 5.16 Å². The number of hydrogen-bond donors (Lipinski definition) is 1. The summed E-state index contributed by atoms with van der Waals surface area (Å²) in [6, 6.07) is 3.48. The molecule has 12 heteroatoms. The number of carbonyl (C=O) groups is 1. The quantitative estimate of drug-likeness (QED) is 0.547. The molecule has 1 amide bonds. The summed E-state index contributed by atoms with van der Waals surface area (Å²) in [6.07, 6.45) is 0.611. The van der Waals surface area contributed by atoms with Crippen molar-refractivity contribution in [2.24, 2.45) is 0 Å². The Morgan fingerprint density at radius 2 is 1.71 bits per heavy atom. The number of sulfonamides is 1. The molecule has 1 aliphatic heterocycles. The van der Waals surface area contributed by atoms with Crippen molar-refractivity contribution in [3.63, 3.8) is 0 Å². The van der Waals surface area contributed by atoms with Crippen molar-refractivity contribution in [2.75, 3.05) is 54.1 Å². The number of rotatable bonds is 9. The molecule has 34 heavy (non-hydrogen) atoms. The normalized spacial score (nSPS) is 15.6. The molecule has 0 atom stereocenters. The Balaban J connectivity index is 1.59. The number of nitrogens with zero attached hydrogens (tertiary/aromatic N) is 3. The first-order valence-corrected chi connectivity index (χ1v) is 12.4. The van der Waals surface area contributed by atoms with E-state index in [1.807, 2.05) is 4.90 Å². The van der Waals surface area contributed by atoms with E-state index in [0.29, 0.717) is 49.0 Å². The molecule has 1 fully saturated rings. The molecule has 0 saturated carbocycles. The Labute approximate surface area is 200 Å². The van der Waals surface area contributed by atoms with Crippen LogP contribution in [0.3, 0.4) is 0 Å². The highest BCUT2D eigenvalue weighted by atomic mass is 32.2. The first-order chi connectivity index (χ1) is 16.2. The largest absolute Gasteiger partial charge is 0.496 e. The molecule has 1 aromatic heterocycles. The van der Waals surface area contributed by atoms with Gasteiger partial charge in [-0.15, -0.1) is 0 Å². The number of aromatic nitrogens is 1. The minimum atomic E-state index is -3.71. The SMILES string of the molecule is COc1cc(OC)c(OC)cc1CNC(=O)CN1CCCN(S(=O)(=O)c2c(C)noc2C)CC1. The molecule has 3 rings (SSSR count). The summed E-state index contributed by atoms with van der Waals surface area (Å²) in [5.74, 6) is 1.77. The van der Waals surface area contributed by atoms with E-state index in [1.54, 1.807) is 47.3 Å². The first-order valence-electron chi connectivity index (χ1n) is 10.9. The van der Waals surface area contributed by atoms with E-state index in [4.69, 9.17) is 18.7 Å². The molecular weight excluding hydrogens is 464 g/mol. The maximum absolute atomic E-state index is 13.1. The van der Waals surface area contributed by atoms with Gasteiger partial charge in [0.25, 0.3) is 0 Å². The molecule has 0 bridgehead atoms. The zero-order valence-electron chi connectivity index (χ0n) is 20.2. The highest BCUT2D eigenvalue weighted by Crippen LogP contribution is 2.34. The van der Waals surface area contributed by atoms with E-state index < -0.39 is 10.0 Å². The number of nitrogens with one attached hydrogen (secondary N) is 1. The molecule has 0 aliphatic carbocycles. The first kappa shape index (κ1) is 25.8. The lowest BCUT2D eigenvalue weighted by molar-refractivity contribution is -0.122. The van der Waals surface area contributed by atoms with E-state index in [9.17, 15) is 13.2 Å². The second kappa shape index (κ2) is 11.1. The van der Waals surface area contributed by atoms with Gasteiger partial charge >= 0.3 is 0 Å². The van der Waals surface area contributed by atoms with Crippen LogP contribution >= 0.6 is 0 Å². The number of carbonyl (C=O) groups excluding carboxylic acids is 1. The van der Waals surface area contributed by atoms with Crippen LogP contribution in [0.2, 0.25) is 0 Å². The zero-order chi connectivity index (χ0) is 24.9. The van der Waals surface area contributed by atoms with Gasteiger partial charge in [-0.2, -0.15) is 4.31 Å². The maximum atomic E-state index is 13.1. The fraction of sp³-hybridized carbons (Fsp3) is 0.545. The number of amides is 1. The van der Waals surface area contributed by atoms with Gasteiger partial charge in [0, 0.05) is 37.8 Å². The van der Waals surface area contributed by atoms with Crippen molar-refractivity contribution in [1.82, 2.24) is 19.7 Å². The number of methoxy groups -OCH3 is 3. The van der Waals surface area contributed by atoms with Crippen molar-refractivity contribution in [3.8, 4) is 17.2 Å². The predicted molar refractivity (Wildman–Crippen MR) is 124 cm³/mol. The van der Waals surface area contributed by atoms with Crippen LogP contribution in [0.1, 0.15) is 23.4 Å². The zero-order valence-corrected chi connectivity index (χ0v) is 21.0. The van der Waals surface area contributed by atoms with Crippen LogP contribution in [0.5, 0.6) is 17.2 Å². The molecule has 2 heterocycles. The summed E-state index contributed by atoms with van der Waals surface area (Å²) in [5.41, 5.74) is 1.10. The Morgan fingerprint density at radius 1 is 1.03 bits per heavy atom. The molecule has 1 saturated heterocycles. The van der Waals surface area contributed by atoms with Gasteiger partial charge in [0.15, 0.2) is 17.3 Å². The van der Waals surface area contributed by atoms with Crippen molar-refractivity contribution < 1.29 is 31.9 Å². The number of benzene rings is 1. The molecule has 0 spiro atoms. The number of hydrogen-bond acceptors (Lipinski definition) is 9. The van der Waals surface area contributed by atoms with Gasteiger partial charge in [0.2, 0.25) is 15.9 Å². The molecule has 2 aromatic rings. The second-order valence-corrected chi connectivity index (χ2v) is 9.86. The standard InChI is InChI=1S/C22H32N4O7S/c1-15-22(16(2)33-24-15)34(28,29)26-8-6-7-25(9-10-26)14-21(27)23-13-17-11-19(31-4)20(32-5)12-18(17)30-3/h11-12H,6-10,13-14H2,1-5H3,(H,23,27). The van der Waals surface area contributed by atoms with Crippen molar-refractivity contribution in [1.29, 1.82) is 0 Å². The second-order valence-electron chi connectivity index (χ2n) is 7.98. The third kappa shape index (κ3) is 5.62. The van der Waals surface area contributed by atoms with Crippen LogP contribution in [0.25, 0.3) is 0 Å². The Morgan fingerprint density at radius 3 is 2.32 bits per heavy atom. The van der Waals surface area contributed by atoms with Gasteiger partial charge in [-0.3, -0.25) is 9.69 Å². The molecule has 11 nitrogen and oxygen atoms in total. The Bertz CT molecular complexity index is 1100. The minimum Gasteiger partial charge on any atom is -0.496 e. The van der Waals surface area contributed by atoms with Gasteiger partial charge in [-0.25, -0.2) is 8.42 Å².